The van der Waals surface area contributed by atoms with Crippen molar-refractivity contribution >= 4 is 17.5 Å². The third kappa shape index (κ3) is 5.63. The van der Waals surface area contributed by atoms with Gasteiger partial charge in [-0.3, -0.25) is 20.4 Å². The van der Waals surface area contributed by atoms with Crippen LogP contribution < -0.4 is 15.8 Å². The predicted molar refractivity (Wildman–Crippen MR) is 86.9 cm³/mol. The average molecular weight is 361 g/mol. The molecule has 1 rings (SSSR count). The molecule has 0 aliphatic rings. The first kappa shape index (κ1) is 20.8. The molecular formula is C16H22F3N3O3. The molecule has 0 saturated heterocycles. The first-order valence-electron chi connectivity index (χ1n) is 7.75. The maximum atomic E-state index is 12.5. The number of nitrogens with zero attached hydrogens (tertiary/aromatic N) is 1. The molecule has 0 saturated carbocycles. The first-order valence-corrected chi connectivity index (χ1v) is 7.75. The van der Waals surface area contributed by atoms with Crippen LogP contribution in [0.25, 0.3) is 0 Å². The number of aliphatic hydroxyl groups is 1. The summed E-state index contributed by atoms with van der Waals surface area (Å²) in [4.78, 5) is 25.4. The molecule has 0 aliphatic heterocycles. The maximum absolute atomic E-state index is 12.5. The van der Waals surface area contributed by atoms with E-state index in [-0.39, 0.29) is 5.56 Å². The lowest BCUT2D eigenvalue weighted by atomic mass is 10.0. The predicted octanol–water partition coefficient (Wildman–Crippen LogP) is 2.00. The zero-order valence-electron chi connectivity index (χ0n) is 14.3. The number of carbonyl (C=O) groups excluding carboxylic acids is 2. The smallest absolute Gasteiger partial charge is 0.380 e. The van der Waals surface area contributed by atoms with Crippen molar-refractivity contribution in [3.05, 3.63) is 29.8 Å². The van der Waals surface area contributed by atoms with Crippen LogP contribution in [0.3, 0.4) is 0 Å². The Morgan fingerprint density at radius 2 is 1.60 bits per heavy atom. The molecule has 1 aromatic rings. The zero-order valence-corrected chi connectivity index (χ0v) is 14.3. The van der Waals surface area contributed by atoms with Crippen molar-refractivity contribution in [1.29, 1.82) is 0 Å². The molecule has 1 atom stereocenters. The van der Waals surface area contributed by atoms with Crippen molar-refractivity contribution in [3.63, 3.8) is 0 Å². The van der Waals surface area contributed by atoms with E-state index in [2.05, 4.69) is 4.90 Å². The molecular weight excluding hydrogens is 339 g/mol. The highest BCUT2D eigenvalue weighted by atomic mass is 19.4. The number of hydrogen-bond acceptors (Lipinski definition) is 4. The molecule has 25 heavy (non-hydrogen) atoms. The van der Waals surface area contributed by atoms with Gasteiger partial charge in [-0.2, -0.15) is 13.2 Å². The summed E-state index contributed by atoms with van der Waals surface area (Å²) in [6, 6.07) is 6.55. The first-order chi connectivity index (χ1) is 11.5. The van der Waals surface area contributed by atoms with Crippen LogP contribution in [-0.4, -0.2) is 41.8 Å². The van der Waals surface area contributed by atoms with E-state index in [0.717, 1.165) is 18.8 Å². The van der Waals surface area contributed by atoms with Crippen molar-refractivity contribution < 1.29 is 27.9 Å². The Bertz CT molecular complexity index is 597. The molecule has 0 aliphatic carbocycles. The summed E-state index contributed by atoms with van der Waals surface area (Å²) in [6.07, 6.45) is -6.17. The Morgan fingerprint density at radius 1 is 1.08 bits per heavy atom. The number of alkyl halides is 3. The maximum Gasteiger partial charge on any atom is 0.417 e. The van der Waals surface area contributed by atoms with Crippen LogP contribution in [0.5, 0.6) is 0 Å². The number of hydrogen-bond donors (Lipinski definition) is 3. The van der Waals surface area contributed by atoms with Crippen molar-refractivity contribution in [2.24, 2.45) is 0 Å². The molecule has 0 radical (unpaired) electrons. The minimum absolute atomic E-state index is 0.235. The van der Waals surface area contributed by atoms with Crippen LogP contribution in [0.4, 0.5) is 18.9 Å². The van der Waals surface area contributed by atoms with E-state index in [0.29, 0.717) is 6.92 Å². The number of halogens is 3. The van der Waals surface area contributed by atoms with E-state index in [9.17, 15) is 27.9 Å². The molecule has 0 spiro atoms. The standard InChI is InChI=1S/C16H22F3N3O3/c1-4-22(5-2)12-8-6-11(7-9-12)14(24)21-20-13(23)10-15(3,25)16(17,18)19/h6-9,25H,4-5,10H2,1-3H3,(H,20,23)(H,21,24)/t15-/m0/s1. The lowest BCUT2D eigenvalue weighted by Gasteiger charge is -2.25. The topological polar surface area (TPSA) is 81.7 Å². The summed E-state index contributed by atoms with van der Waals surface area (Å²) in [5, 5.41) is 9.23. The molecule has 9 heteroatoms. The molecule has 0 fully saturated rings. The third-order valence-corrected chi connectivity index (χ3v) is 3.69. The number of hydrazine groups is 1. The fourth-order valence-corrected chi connectivity index (χ4v) is 2.07. The normalized spacial score (nSPS) is 13.7. The highest BCUT2D eigenvalue weighted by Gasteiger charge is 2.51. The van der Waals surface area contributed by atoms with Crippen LogP contribution in [0.2, 0.25) is 0 Å². The molecule has 0 heterocycles. The Balaban J connectivity index is 2.61. The lowest BCUT2D eigenvalue weighted by molar-refractivity contribution is -0.253. The minimum atomic E-state index is -4.95. The van der Waals surface area contributed by atoms with Crippen LogP contribution >= 0.6 is 0 Å². The molecule has 3 N–H and O–H groups in total. The van der Waals surface area contributed by atoms with Crippen LogP contribution in [0, 0.1) is 0 Å². The van der Waals surface area contributed by atoms with Gasteiger partial charge in [0, 0.05) is 24.3 Å². The summed E-state index contributed by atoms with van der Waals surface area (Å²) in [5.41, 5.74) is 1.86. The Labute approximate surface area is 144 Å². The second-order valence-corrected chi connectivity index (χ2v) is 5.67. The van der Waals surface area contributed by atoms with Gasteiger partial charge in [0.1, 0.15) is 0 Å². The van der Waals surface area contributed by atoms with Crippen LogP contribution in [0.15, 0.2) is 24.3 Å². The Morgan fingerprint density at radius 3 is 2.04 bits per heavy atom. The quantitative estimate of drug-likeness (QED) is 0.677. The second-order valence-electron chi connectivity index (χ2n) is 5.67. The number of amides is 2. The summed E-state index contributed by atoms with van der Waals surface area (Å²) < 4.78 is 37.5. The average Bonchev–Trinajstić information content (AvgIpc) is 2.53. The van der Waals surface area contributed by atoms with Gasteiger partial charge in [-0.05, 0) is 45.0 Å². The summed E-state index contributed by atoms with van der Waals surface area (Å²) in [6.45, 7) is 6.08. The van der Waals surface area contributed by atoms with Crippen molar-refractivity contribution in [3.8, 4) is 0 Å². The summed E-state index contributed by atoms with van der Waals surface area (Å²) in [5.74, 6) is -1.83. The minimum Gasteiger partial charge on any atom is -0.380 e. The van der Waals surface area contributed by atoms with Crippen molar-refractivity contribution in [2.45, 2.75) is 39.0 Å². The van der Waals surface area contributed by atoms with E-state index in [1.165, 1.54) is 0 Å². The fourth-order valence-electron chi connectivity index (χ4n) is 2.07. The SMILES string of the molecule is CCN(CC)c1ccc(C(=O)NNC(=O)C[C@](C)(O)C(F)(F)F)cc1. The van der Waals surface area contributed by atoms with Gasteiger partial charge in [0.15, 0.2) is 5.60 Å². The highest BCUT2D eigenvalue weighted by molar-refractivity contribution is 5.95. The van der Waals surface area contributed by atoms with Gasteiger partial charge < -0.3 is 10.0 Å². The van der Waals surface area contributed by atoms with Gasteiger partial charge >= 0.3 is 6.18 Å². The third-order valence-electron chi connectivity index (χ3n) is 3.69. The summed E-state index contributed by atoms with van der Waals surface area (Å²) in [7, 11) is 0. The second kappa shape index (κ2) is 8.19. The van der Waals surface area contributed by atoms with Crippen molar-refractivity contribution in [2.75, 3.05) is 18.0 Å². The van der Waals surface area contributed by atoms with Gasteiger partial charge in [0.2, 0.25) is 5.91 Å². The van der Waals surface area contributed by atoms with Gasteiger partial charge in [0.05, 0.1) is 6.42 Å². The Hall–Kier alpha value is -2.29. The fraction of sp³-hybridized carbons (Fsp3) is 0.500. The van der Waals surface area contributed by atoms with E-state index in [1.54, 1.807) is 24.3 Å². The van der Waals surface area contributed by atoms with E-state index in [4.69, 9.17) is 0 Å². The van der Waals surface area contributed by atoms with Gasteiger partial charge in [-0.25, -0.2) is 0 Å². The van der Waals surface area contributed by atoms with Gasteiger partial charge in [-0.1, -0.05) is 0 Å². The number of nitrogens with one attached hydrogen (secondary N) is 2. The van der Waals surface area contributed by atoms with Crippen LogP contribution in [0.1, 0.15) is 37.6 Å². The van der Waals surface area contributed by atoms with E-state index >= 15 is 0 Å². The van der Waals surface area contributed by atoms with Crippen molar-refractivity contribution in [1.82, 2.24) is 10.9 Å². The lowest BCUT2D eigenvalue weighted by Crippen LogP contribution is -2.49. The van der Waals surface area contributed by atoms with Gasteiger partial charge in [0.25, 0.3) is 5.91 Å². The van der Waals surface area contributed by atoms with E-state index in [1.807, 2.05) is 24.7 Å². The molecule has 6 nitrogen and oxygen atoms in total. The summed E-state index contributed by atoms with van der Waals surface area (Å²) >= 11 is 0. The van der Waals surface area contributed by atoms with Crippen LogP contribution in [-0.2, 0) is 4.79 Å². The monoisotopic (exact) mass is 361 g/mol. The molecule has 0 aromatic heterocycles. The molecule has 0 unspecified atom stereocenters. The number of rotatable bonds is 6. The molecule has 2 amide bonds. The number of carbonyl (C=O) groups is 2. The number of anilines is 1. The largest absolute Gasteiger partial charge is 0.417 e. The zero-order chi connectivity index (χ0) is 19.3. The Kier molecular flexibility index (Phi) is 6.80. The van der Waals surface area contributed by atoms with Gasteiger partial charge in [-0.15, -0.1) is 0 Å². The molecule has 1 aromatic carbocycles. The number of benzene rings is 1. The van der Waals surface area contributed by atoms with E-state index < -0.39 is 30.0 Å². The highest BCUT2D eigenvalue weighted by Crippen LogP contribution is 2.32. The molecule has 0 bridgehead atoms. The molecule has 140 valence electrons.